The molecule has 15 heavy (non-hydrogen) atoms. The molecule has 1 rings (SSSR count). The second-order valence-corrected chi connectivity index (χ2v) is 5.06. The van der Waals surface area contributed by atoms with Gasteiger partial charge in [-0.15, -0.1) is 0 Å². The molecule has 0 aromatic carbocycles. The van der Waals surface area contributed by atoms with Gasteiger partial charge < -0.3 is 19.7 Å². The van der Waals surface area contributed by atoms with Crippen molar-refractivity contribution in [2.75, 3.05) is 19.1 Å². The minimum Gasteiger partial charge on any atom is -0.392 e. The number of hydrogen-bond donors (Lipinski definition) is 2. The lowest BCUT2D eigenvalue weighted by Crippen LogP contribution is -2.34. The van der Waals surface area contributed by atoms with Crippen LogP contribution in [0, 0.1) is 0 Å². The summed E-state index contributed by atoms with van der Waals surface area (Å²) in [6, 6.07) is -0.426. The van der Waals surface area contributed by atoms with Crippen molar-refractivity contribution in [1.82, 2.24) is 5.32 Å². The summed E-state index contributed by atoms with van der Waals surface area (Å²) in [5.74, 6) is -1.45. The van der Waals surface area contributed by atoms with Crippen LogP contribution >= 0.6 is 7.80 Å². The Morgan fingerprint density at radius 2 is 2.27 bits per heavy atom. The van der Waals surface area contributed by atoms with Crippen LogP contribution in [-0.2, 0) is 18.9 Å². The molecule has 0 saturated carbocycles. The first-order chi connectivity index (χ1) is 7.13. The molecule has 1 heterocycles. The summed E-state index contributed by atoms with van der Waals surface area (Å²) >= 11 is 0. The summed E-state index contributed by atoms with van der Waals surface area (Å²) in [5.41, 5.74) is 0. The first kappa shape index (κ1) is 12.4. The molecular formula is C8H14NO5P. The second-order valence-electron chi connectivity index (χ2n) is 3.32. The van der Waals surface area contributed by atoms with Gasteiger partial charge in [0.1, 0.15) is 13.8 Å². The molecule has 86 valence electrons. The highest BCUT2D eigenvalue weighted by Gasteiger charge is 2.25. The number of esters is 2. The molecule has 2 N–H and O–H groups in total. The maximum atomic E-state index is 11.3. The summed E-state index contributed by atoms with van der Waals surface area (Å²) in [5, 5.41) is 11.3. The number of nitrogens with one attached hydrogen (secondary N) is 1. The molecule has 0 amide bonds. The van der Waals surface area contributed by atoms with Gasteiger partial charge in [0.15, 0.2) is 0 Å². The van der Waals surface area contributed by atoms with E-state index in [1.54, 1.807) is 0 Å². The highest BCUT2D eigenvalue weighted by molar-refractivity contribution is 7.45. The lowest BCUT2D eigenvalue weighted by molar-refractivity contribution is -0.159. The van der Waals surface area contributed by atoms with Crippen LogP contribution in [0.2, 0.25) is 0 Å². The Labute approximate surface area is 87.8 Å². The van der Waals surface area contributed by atoms with Gasteiger partial charge in [0.25, 0.3) is 0 Å². The second kappa shape index (κ2) is 6.00. The maximum Gasteiger partial charge on any atom is 0.330 e. The van der Waals surface area contributed by atoms with Gasteiger partial charge in [0, 0.05) is 0 Å². The number of ether oxygens (including phenoxy) is 1. The molecule has 7 heteroatoms. The maximum absolute atomic E-state index is 11.3. The van der Waals surface area contributed by atoms with E-state index >= 15 is 0 Å². The SMILES string of the molecule is O=C(C[PH](=O)CO)OC(=O)[C@@H]1CCCN1. The fourth-order valence-corrected chi connectivity index (χ4v) is 1.83. The van der Waals surface area contributed by atoms with Gasteiger partial charge in [-0.2, -0.15) is 0 Å². The van der Waals surface area contributed by atoms with E-state index in [1.165, 1.54) is 0 Å². The Morgan fingerprint density at radius 3 is 2.80 bits per heavy atom. The van der Waals surface area contributed by atoms with Crippen molar-refractivity contribution in [3.8, 4) is 0 Å². The van der Waals surface area contributed by atoms with E-state index in [9.17, 15) is 14.2 Å². The van der Waals surface area contributed by atoms with Crippen LogP contribution in [0.25, 0.3) is 0 Å². The summed E-state index contributed by atoms with van der Waals surface area (Å²) < 4.78 is 15.3. The van der Waals surface area contributed by atoms with Crippen molar-refractivity contribution in [3.63, 3.8) is 0 Å². The molecule has 1 fully saturated rings. The molecule has 1 unspecified atom stereocenters. The Kier molecular flexibility index (Phi) is 4.94. The lowest BCUT2D eigenvalue weighted by Gasteiger charge is -2.08. The van der Waals surface area contributed by atoms with Gasteiger partial charge in [-0.05, 0) is 19.4 Å². The Morgan fingerprint density at radius 1 is 1.53 bits per heavy atom. The molecule has 1 saturated heterocycles. The zero-order chi connectivity index (χ0) is 11.3. The summed E-state index contributed by atoms with van der Waals surface area (Å²) in [7, 11) is -2.34. The van der Waals surface area contributed by atoms with Crippen LogP contribution in [0.4, 0.5) is 0 Å². The van der Waals surface area contributed by atoms with Gasteiger partial charge in [-0.3, -0.25) is 4.79 Å². The molecular weight excluding hydrogens is 221 g/mol. The fourth-order valence-electron chi connectivity index (χ4n) is 1.32. The van der Waals surface area contributed by atoms with Gasteiger partial charge in [0.2, 0.25) is 0 Å². The highest BCUT2D eigenvalue weighted by atomic mass is 31.1. The van der Waals surface area contributed by atoms with Crippen LogP contribution in [0.5, 0.6) is 0 Å². The van der Waals surface area contributed by atoms with Gasteiger partial charge in [-0.1, -0.05) is 0 Å². The summed E-state index contributed by atoms with van der Waals surface area (Å²) in [6.07, 6.45) is 0.623. The van der Waals surface area contributed by atoms with E-state index in [2.05, 4.69) is 10.1 Å². The number of rotatable bonds is 4. The fraction of sp³-hybridized carbons (Fsp3) is 0.750. The van der Waals surface area contributed by atoms with Crippen LogP contribution in [0.3, 0.4) is 0 Å². The topological polar surface area (TPSA) is 92.7 Å². The van der Waals surface area contributed by atoms with Gasteiger partial charge in [-0.25, -0.2) is 4.79 Å². The zero-order valence-electron chi connectivity index (χ0n) is 8.19. The normalized spacial score (nSPS) is 22.3. The van der Waals surface area contributed by atoms with Crippen LogP contribution in [0.15, 0.2) is 0 Å². The molecule has 1 aliphatic heterocycles. The minimum atomic E-state index is -2.34. The Balaban J connectivity index is 2.30. The molecule has 0 aromatic rings. The minimum absolute atomic E-state index is 0.375. The first-order valence-corrected chi connectivity index (χ1v) is 6.56. The van der Waals surface area contributed by atoms with Crippen LogP contribution in [0.1, 0.15) is 12.8 Å². The van der Waals surface area contributed by atoms with Crippen LogP contribution in [-0.4, -0.2) is 42.1 Å². The number of hydrogen-bond acceptors (Lipinski definition) is 6. The standard InChI is InChI=1S/C8H14NO5P/c10-5-15(13)4-7(11)14-8(12)6-2-1-3-9-6/h6,9-10,15H,1-5H2/t6-/m0/s1. The van der Waals surface area contributed by atoms with E-state index in [1.807, 2.05) is 0 Å². The molecule has 1 aliphatic rings. The van der Waals surface area contributed by atoms with Crippen molar-refractivity contribution in [2.24, 2.45) is 0 Å². The number of carbonyl (C=O) groups is 2. The average Bonchev–Trinajstić information content (AvgIpc) is 2.70. The predicted octanol–water partition coefficient (Wildman–Crippen LogP) is -0.682. The molecule has 2 atom stereocenters. The summed E-state index contributed by atoms with van der Waals surface area (Å²) in [4.78, 5) is 22.3. The number of carbonyl (C=O) groups excluding carboxylic acids is 2. The largest absolute Gasteiger partial charge is 0.392 e. The van der Waals surface area contributed by atoms with Crippen molar-refractivity contribution < 1.29 is 24.0 Å². The molecule has 6 nitrogen and oxygen atoms in total. The van der Waals surface area contributed by atoms with Crippen molar-refractivity contribution >= 4 is 19.7 Å². The summed E-state index contributed by atoms with van der Waals surface area (Å²) in [6.45, 7) is 0.737. The first-order valence-electron chi connectivity index (χ1n) is 4.74. The smallest absolute Gasteiger partial charge is 0.330 e. The van der Waals surface area contributed by atoms with E-state index in [-0.39, 0.29) is 6.16 Å². The lowest BCUT2D eigenvalue weighted by atomic mass is 10.2. The van der Waals surface area contributed by atoms with Crippen molar-refractivity contribution in [3.05, 3.63) is 0 Å². The number of aliphatic hydroxyl groups excluding tert-OH is 1. The highest BCUT2D eigenvalue weighted by Crippen LogP contribution is 2.17. The molecule has 0 bridgehead atoms. The third kappa shape index (κ3) is 4.11. The monoisotopic (exact) mass is 235 g/mol. The predicted molar refractivity (Wildman–Crippen MR) is 53.1 cm³/mol. The number of aliphatic hydroxyl groups is 1. The third-order valence-electron chi connectivity index (χ3n) is 2.08. The van der Waals surface area contributed by atoms with E-state index in [0.717, 1.165) is 13.0 Å². The van der Waals surface area contributed by atoms with Crippen LogP contribution < -0.4 is 5.32 Å². The van der Waals surface area contributed by atoms with Gasteiger partial charge >= 0.3 is 11.9 Å². The van der Waals surface area contributed by atoms with E-state index in [4.69, 9.17) is 5.11 Å². The zero-order valence-corrected chi connectivity index (χ0v) is 9.19. The van der Waals surface area contributed by atoms with Crippen molar-refractivity contribution in [2.45, 2.75) is 18.9 Å². The van der Waals surface area contributed by atoms with Crippen molar-refractivity contribution in [1.29, 1.82) is 0 Å². The van der Waals surface area contributed by atoms with E-state index in [0.29, 0.717) is 6.42 Å². The molecule has 0 radical (unpaired) electrons. The Bertz CT molecular complexity index is 274. The third-order valence-corrected chi connectivity index (χ3v) is 3.11. The molecule has 0 spiro atoms. The Hall–Kier alpha value is -0.710. The van der Waals surface area contributed by atoms with Gasteiger partial charge in [0.05, 0.1) is 12.5 Å². The average molecular weight is 235 g/mol. The molecule has 0 aliphatic carbocycles. The quantitative estimate of drug-likeness (QED) is 0.381. The molecule has 0 aromatic heterocycles. The van der Waals surface area contributed by atoms with E-state index < -0.39 is 32.1 Å².